The van der Waals surface area contributed by atoms with Crippen molar-refractivity contribution < 1.29 is 14.3 Å². The van der Waals surface area contributed by atoms with Crippen molar-refractivity contribution in [3.63, 3.8) is 0 Å². The van der Waals surface area contributed by atoms with Gasteiger partial charge in [0.05, 0.1) is 24.6 Å². The molecule has 0 aromatic heterocycles. The van der Waals surface area contributed by atoms with Gasteiger partial charge in [-0.3, -0.25) is 0 Å². The highest BCUT2D eigenvalue weighted by molar-refractivity contribution is 5.86. The second-order valence-corrected chi connectivity index (χ2v) is 9.06. The van der Waals surface area contributed by atoms with Crippen LogP contribution < -0.4 is 4.74 Å². The Morgan fingerprint density at radius 2 is 1.26 bits per heavy atom. The maximum Gasteiger partial charge on any atom is 0.333 e. The molecule has 2 aromatic rings. The molecule has 0 amide bonds. The molecule has 0 bridgehead atoms. The van der Waals surface area contributed by atoms with E-state index in [0.29, 0.717) is 12.2 Å². The van der Waals surface area contributed by atoms with Crippen molar-refractivity contribution in [2.75, 3.05) is 13.2 Å². The summed E-state index contributed by atoms with van der Waals surface area (Å²) < 4.78 is 11.0. The lowest BCUT2D eigenvalue weighted by Crippen LogP contribution is -2.05. The number of hydrogen-bond acceptors (Lipinski definition) is 5. The van der Waals surface area contributed by atoms with Crippen LogP contribution >= 0.6 is 0 Å². The Hall–Kier alpha value is -2.95. The van der Waals surface area contributed by atoms with Crippen LogP contribution in [0.1, 0.15) is 83.6 Å². The van der Waals surface area contributed by atoms with Gasteiger partial charge in [0, 0.05) is 5.57 Å². The number of unbranched alkanes of at least 4 members (excludes halogenated alkanes) is 8. The van der Waals surface area contributed by atoms with Crippen LogP contribution in [0.3, 0.4) is 0 Å². The molecule has 0 radical (unpaired) electrons. The molecule has 2 rings (SSSR count). The summed E-state index contributed by atoms with van der Waals surface area (Å²) in [4.78, 5) is 11.3. The minimum absolute atomic E-state index is 0.284. The van der Waals surface area contributed by atoms with Crippen LogP contribution in [0.4, 0.5) is 11.4 Å². The SMILES string of the molecule is C=C(C)C(=O)OCCCCCCCCCCOc1ccc(N=Nc2ccc(CCCC)cc2)cc1. The monoisotopic (exact) mass is 478 g/mol. The van der Waals surface area contributed by atoms with Crippen molar-refractivity contribution in [1.29, 1.82) is 0 Å². The number of azo groups is 1. The van der Waals surface area contributed by atoms with Gasteiger partial charge < -0.3 is 9.47 Å². The Morgan fingerprint density at radius 1 is 0.743 bits per heavy atom. The summed E-state index contributed by atoms with van der Waals surface area (Å²) in [5.74, 6) is 0.587. The minimum atomic E-state index is -0.284. The number of benzene rings is 2. The Morgan fingerprint density at radius 3 is 1.80 bits per heavy atom. The quantitative estimate of drug-likeness (QED) is 0.0929. The van der Waals surface area contributed by atoms with E-state index in [2.05, 4.69) is 35.9 Å². The van der Waals surface area contributed by atoms with Gasteiger partial charge in [-0.2, -0.15) is 10.2 Å². The summed E-state index contributed by atoms with van der Waals surface area (Å²) in [5.41, 5.74) is 3.51. The molecule has 0 aliphatic heterocycles. The zero-order valence-corrected chi connectivity index (χ0v) is 21.6. The van der Waals surface area contributed by atoms with Gasteiger partial charge in [0.25, 0.3) is 0 Å². The van der Waals surface area contributed by atoms with Gasteiger partial charge in [0.15, 0.2) is 0 Å². The molecule has 5 nitrogen and oxygen atoms in total. The first-order chi connectivity index (χ1) is 17.1. The van der Waals surface area contributed by atoms with Gasteiger partial charge in [-0.15, -0.1) is 0 Å². The third-order valence-corrected chi connectivity index (χ3v) is 5.76. The summed E-state index contributed by atoms with van der Waals surface area (Å²) in [5, 5.41) is 8.66. The maximum absolute atomic E-state index is 11.3. The van der Waals surface area contributed by atoms with Crippen molar-refractivity contribution in [3.8, 4) is 5.75 Å². The minimum Gasteiger partial charge on any atom is -0.494 e. The first-order valence-corrected chi connectivity index (χ1v) is 13.1. The van der Waals surface area contributed by atoms with E-state index in [1.165, 1.54) is 50.5 Å². The molecule has 35 heavy (non-hydrogen) atoms. The van der Waals surface area contributed by atoms with Crippen LogP contribution in [0.25, 0.3) is 0 Å². The molecular formula is C30H42N2O3. The largest absolute Gasteiger partial charge is 0.494 e. The van der Waals surface area contributed by atoms with E-state index < -0.39 is 0 Å². The Balaban J connectivity index is 1.50. The molecule has 0 aliphatic carbocycles. The average molecular weight is 479 g/mol. The first-order valence-electron chi connectivity index (χ1n) is 13.1. The van der Waals surface area contributed by atoms with Gasteiger partial charge in [0.2, 0.25) is 0 Å². The predicted molar refractivity (Wildman–Crippen MR) is 144 cm³/mol. The van der Waals surface area contributed by atoms with E-state index in [-0.39, 0.29) is 5.97 Å². The van der Waals surface area contributed by atoms with Crippen molar-refractivity contribution in [2.24, 2.45) is 10.2 Å². The molecule has 0 aliphatic rings. The number of hydrogen-bond donors (Lipinski definition) is 0. The molecule has 0 saturated carbocycles. The Labute approximate surface area is 211 Å². The van der Waals surface area contributed by atoms with E-state index in [9.17, 15) is 4.79 Å². The van der Waals surface area contributed by atoms with Crippen molar-refractivity contribution in [3.05, 3.63) is 66.2 Å². The second kappa shape index (κ2) is 17.5. The van der Waals surface area contributed by atoms with E-state index in [4.69, 9.17) is 9.47 Å². The Kier molecular flexibility index (Phi) is 14.1. The third-order valence-electron chi connectivity index (χ3n) is 5.76. The van der Waals surface area contributed by atoms with Crippen LogP contribution in [-0.4, -0.2) is 19.2 Å². The zero-order valence-electron chi connectivity index (χ0n) is 21.6. The van der Waals surface area contributed by atoms with E-state index in [1.54, 1.807) is 6.92 Å². The summed E-state index contributed by atoms with van der Waals surface area (Å²) in [6, 6.07) is 16.1. The number of rotatable bonds is 18. The van der Waals surface area contributed by atoms with Gasteiger partial charge in [-0.25, -0.2) is 4.79 Å². The van der Waals surface area contributed by atoms with E-state index in [0.717, 1.165) is 49.4 Å². The van der Waals surface area contributed by atoms with Crippen LogP contribution in [-0.2, 0) is 16.0 Å². The van der Waals surface area contributed by atoms with Crippen molar-refractivity contribution in [2.45, 2.75) is 84.5 Å². The number of carbonyl (C=O) groups excluding carboxylic acids is 1. The fourth-order valence-electron chi connectivity index (χ4n) is 3.58. The maximum atomic E-state index is 11.3. The van der Waals surface area contributed by atoms with Crippen LogP contribution in [0.2, 0.25) is 0 Å². The molecule has 5 heteroatoms. The molecule has 0 fully saturated rings. The molecular weight excluding hydrogens is 436 g/mol. The second-order valence-electron chi connectivity index (χ2n) is 9.06. The van der Waals surface area contributed by atoms with Crippen LogP contribution in [0.5, 0.6) is 5.75 Å². The van der Waals surface area contributed by atoms with Gasteiger partial charge >= 0.3 is 5.97 Å². The molecule has 0 atom stereocenters. The van der Waals surface area contributed by atoms with Gasteiger partial charge in [-0.05, 0) is 74.6 Å². The van der Waals surface area contributed by atoms with Gasteiger partial charge in [0.1, 0.15) is 5.75 Å². The lowest BCUT2D eigenvalue weighted by molar-refractivity contribution is -0.139. The predicted octanol–water partition coefficient (Wildman–Crippen LogP) is 9.06. The summed E-state index contributed by atoms with van der Waals surface area (Å²) in [7, 11) is 0. The zero-order chi connectivity index (χ0) is 25.1. The normalized spacial score (nSPS) is 11.0. The lowest BCUT2D eigenvalue weighted by atomic mass is 10.1. The fraction of sp³-hybridized carbons (Fsp3) is 0.500. The van der Waals surface area contributed by atoms with E-state index in [1.807, 2.05) is 36.4 Å². The molecule has 0 N–H and O–H groups in total. The highest BCUT2D eigenvalue weighted by atomic mass is 16.5. The van der Waals surface area contributed by atoms with Gasteiger partial charge in [-0.1, -0.05) is 70.6 Å². The fourth-order valence-corrected chi connectivity index (χ4v) is 3.58. The topological polar surface area (TPSA) is 60.2 Å². The molecule has 2 aromatic carbocycles. The van der Waals surface area contributed by atoms with Crippen molar-refractivity contribution in [1.82, 2.24) is 0 Å². The number of carbonyl (C=O) groups is 1. The summed E-state index contributed by atoms with van der Waals surface area (Å²) >= 11 is 0. The third kappa shape index (κ3) is 12.9. The summed E-state index contributed by atoms with van der Waals surface area (Å²) in [6.45, 7) is 8.70. The smallest absolute Gasteiger partial charge is 0.333 e. The molecule has 0 heterocycles. The average Bonchev–Trinajstić information content (AvgIpc) is 2.88. The highest BCUT2D eigenvalue weighted by Gasteiger charge is 2.02. The molecule has 0 spiro atoms. The Bertz CT molecular complexity index is 889. The van der Waals surface area contributed by atoms with Crippen molar-refractivity contribution >= 4 is 17.3 Å². The molecule has 190 valence electrons. The lowest BCUT2D eigenvalue weighted by Gasteiger charge is -2.06. The number of esters is 1. The molecule has 0 unspecified atom stereocenters. The number of ether oxygens (including phenoxy) is 2. The first kappa shape index (κ1) is 28.3. The summed E-state index contributed by atoms with van der Waals surface area (Å²) in [6.07, 6.45) is 12.7. The molecule has 0 saturated heterocycles. The van der Waals surface area contributed by atoms with Crippen LogP contribution in [0, 0.1) is 0 Å². The number of aryl methyl sites for hydroxylation is 1. The highest BCUT2D eigenvalue weighted by Crippen LogP contribution is 2.22. The number of nitrogens with zero attached hydrogens (tertiary/aromatic N) is 2. The van der Waals surface area contributed by atoms with E-state index >= 15 is 0 Å². The standard InChI is InChI=1S/C30H42N2O3/c1-4-5-14-26-15-17-27(18-16-26)31-32-28-19-21-29(22-20-28)34-23-12-10-8-6-7-9-11-13-24-35-30(33)25(2)3/h15-22H,2,4-14,23-24H2,1,3H3. The van der Waals surface area contributed by atoms with Crippen LogP contribution in [0.15, 0.2) is 70.9 Å².